The zero-order chi connectivity index (χ0) is 15.3. The van der Waals surface area contributed by atoms with Crippen molar-refractivity contribution in [3.8, 4) is 5.75 Å². The van der Waals surface area contributed by atoms with Gasteiger partial charge in [0, 0.05) is 23.8 Å². The lowest BCUT2D eigenvalue weighted by Crippen LogP contribution is -2.29. The highest BCUT2D eigenvalue weighted by molar-refractivity contribution is 5.63. The predicted molar refractivity (Wildman–Crippen MR) is 87.2 cm³/mol. The molecule has 3 nitrogen and oxygen atoms in total. The van der Waals surface area contributed by atoms with E-state index in [2.05, 4.69) is 37.4 Å². The fourth-order valence-electron chi connectivity index (χ4n) is 4.00. The standard InChI is InChI=1S/C19H21NO2/c1-11-8-12(2)17-16(9-11)19-15(6-7-22-19)18(20-17)13-4-3-5-14(21)10-13/h3-5,8-10,15,18-21H,6-7H2,1-2H3/t15-,18-,19-/m0/s1. The molecule has 3 atom stereocenters. The molecule has 0 radical (unpaired) electrons. The Bertz CT molecular complexity index is 725. The first-order valence-electron chi connectivity index (χ1n) is 7.91. The number of phenols is 1. The van der Waals surface area contributed by atoms with Crippen LogP contribution in [0.5, 0.6) is 5.75 Å². The summed E-state index contributed by atoms with van der Waals surface area (Å²) in [5.41, 5.74) is 6.15. The molecule has 0 amide bonds. The topological polar surface area (TPSA) is 41.5 Å². The molecule has 2 aliphatic heterocycles. The van der Waals surface area contributed by atoms with E-state index >= 15 is 0 Å². The Hall–Kier alpha value is -2.00. The largest absolute Gasteiger partial charge is 0.508 e. The summed E-state index contributed by atoms with van der Waals surface area (Å²) < 4.78 is 6.07. The highest BCUT2D eigenvalue weighted by Gasteiger charge is 2.41. The van der Waals surface area contributed by atoms with E-state index in [1.54, 1.807) is 6.07 Å². The Labute approximate surface area is 130 Å². The lowest BCUT2D eigenvalue weighted by molar-refractivity contribution is 0.0828. The third-order valence-corrected chi connectivity index (χ3v) is 4.91. The summed E-state index contributed by atoms with van der Waals surface area (Å²) in [7, 11) is 0. The summed E-state index contributed by atoms with van der Waals surface area (Å²) in [6, 6.07) is 12.2. The first-order valence-corrected chi connectivity index (χ1v) is 7.91. The van der Waals surface area contributed by atoms with Crippen molar-refractivity contribution in [1.82, 2.24) is 0 Å². The van der Waals surface area contributed by atoms with Gasteiger partial charge in [0.15, 0.2) is 0 Å². The highest BCUT2D eigenvalue weighted by Crippen LogP contribution is 2.51. The molecule has 1 fully saturated rings. The molecule has 1 saturated heterocycles. The van der Waals surface area contributed by atoms with Crippen molar-refractivity contribution in [2.75, 3.05) is 11.9 Å². The molecular formula is C19H21NO2. The van der Waals surface area contributed by atoms with Gasteiger partial charge in [-0.05, 0) is 43.5 Å². The van der Waals surface area contributed by atoms with Gasteiger partial charge in [-0.1, -0.05) is 29.8 Å². The molecule has 114 valence electrons. The van der Waals surface area contributed by atoms with Gasteiger partial charge in [0.2, 0.25) is 0 Å². The summed E-state index contributed by atoms with van der Waals surface area (Å²) in [5, 5.41) is 13.5. The molecule has 2 aromatic carbocycles. The number of anilines is 1. The molecule has 0 bridgehead atoms. The monoisotopic (exact) mass is 295 g/mol. The smallest absolute Gasteiger partial charge is 0.115 e. The SMILES string of the molecule is Cc1cc(C)c2c(c1)[C@H]1OCC[C@H]1[C@H](c1cccc(O)c1)N2. The van der Waals surface area contributed by atoms with Crippen LogP contribution in [0, 0.1) is 19.8 Å². The number of hydrogen-bond donors (Lipinski definition) is 2. The maximum absolute atomic E-state index is 9.81. The van der Waals surface area contributed by atoms with E-state index in [0.717, 1.165) is 18.6 Å². The van der Waals surface area contributed by atoms with Crippen LogP contribution in [0.25, 0.3) is 0 Å². The third-order valence-electron chi connectivity index (χ3n) is 4.91. The second-order valence-electron chi connectivity index (χ2n) is 6.51. The Kier molecular flexibility index (Phi) is 3.12. The van der Waals surface area contributed by atoms with Crippen molar-refractivity contribution < 1.29 is 9.84 Å². The Morgan fingerprint density at radius 2 is 2.05 bits per heavy atom. The molecule has 0 spiro atoms. The molecule has 4 rings (SSSR count). The van der Waals surface area contributed by atoms with Crippen molar-refractivity contribution in [3.63, 3.8) is 0 Å². The van der Waals surface area contributed by atoms with Crippen molar-refractivity contribution in [3.05, 3.63) is 58.7 Å². The fourth-order valence-corrected chi connectivity index (χ4v) is 4.00. The van der Waals surface area contributed by atoms with Crippen LogP contribution >= 0.6 is 0 Å². The van der Waals surface area contributed by atoms with E-state index in [1.165, 1.54) is 22.4 Å². The number of hydrogen-bond acceptors (Lipinski definition) is 3. The van der Waals surface area contributed by atoms with Gasteiger partial charge in [0.25, 0.3) is 0 Å². The van der Waals surface area contributed by atoms with Crippen LogP contribution < -0.4 is 5.32 Å². The average Bonchev–Trinajstić information content (AvgIpc) is 2.96. The van der Waals surface area contributed by atoms with Crippen LogP contribution in [-0.4, -0.2) is 11.7 Å². The predicted octanol–water partition coefficient (Wildman–Crippen LogP) is 4.25. The average molecular weight is 295 g/mol. The normalized spacial score (nSPS) is 26.2. The van der Waals surface area contributed by atoms with Gasteiger partial charge in [0.05, 0.1) is 12.1 Å². The quantitative estimate of drug-likeness (QED) is 0.826. The maximum atomic E-state index is 9.81. The Morgan fingerprint density at radius 1 is 1.18 bits per heavy atom. The molecule has 0 aliphatic carbocycles. The van der Waals surface area contributed by atoms with Crippen molar-refractivity contribution in [2.45, 2.75) is 32.4 Å². The Morgan fingerprint density at radius 3 is 2.86 bits per heavy atom. The zero-order valence-electron chi connectivity index (χ0n) is 13.0. The van der Waals surface area contributed by atoms with Crippen LogP contribution in [0.15, 0.2) is 36.4 Å². The summed E-state index contributed by atoms with van der Waals surface area (Å²) in [5.74, 6) is 0.733. The van der Waals surface area contributed by atoms with Gasteiger partial charge < -0.3 is 15.2 Å². The molecule has 2 aromatic rings. The van der Waals surface area contributed by atoms with E-state index in [1.807, 2.05) is 12.1 Å². The van der Waals surface area contributed by atoms with Crippen LogP contribution in [0.3, 0.4) is 0 Å². The van der Waals surface area contributed by atoms with Crippen molar-refractivity contribution >= 4 is 5.69 Å². The van der Waals surface area contributed by atoms with E-state index in [4.69, 9.17) is 4.74 Å². The van der Waals surface area contributed by atoms with E-state index in [-0.39, 0.29) is 12.1 Å². The van der Waals surface area contributed by atoms with Crippen LogP contribution in [0.2, 0.25) is 0 Å². The summed E-state index contributed by atoms with van der Waals surface area (Å²) in [6.07, 6.45) is 1.20. The molecular weight excluding hydrogens is 274 g/mol. The number of benzene rings is 2. The highest BCUT2D eigenvalue weighted by atomic mass is 16.5. The van der Waals surface area contributed by atoms with Crippen LogP contribution in [0.4, 0.5) is 5.69 Å². The molecule has 3 heteroatoms. The van der Waals surface area contributed by atoms with Crippen LogP contribution in [0.1, 0.15) is 40.8 Å². The molecule has 22 heavy (non-hydrogen) atoms. The fraction of sp³-hybridized carbons (Fsp3) is 0.368. The lowest BCUT2D eigenvalue weighted by atomic mass is 9.80. The van der Waals surface area contributed by atoms with E-state index in [9.17, 15) is 5.11 Å². The zero-order valence-corrected chi connectivity index (χ0v) is 13.0. The second kappa shape index (κ2) is 5.03. The molecule has 2 N–H and O–H groups in total. The number of ether oxygens (including phenoxy) is 1. The third kappa shape index (κ3) is 2.08. The number of nitrogens with one attached hydrogen (secondary N) is 1. The van der Waals surface area contributed by atoms with Gasteiger partial charge in [-0.2, -0.15) is 0 Å². The summed E-state index contributed by atoms with van der Waals surface area (Å²) in [4.78, 5) is 0. The summed E-state index contributed by atoms with van der Waals surface area (Å²) >= 11 is 0. The molecule has 2 heterocycles. The molecule has 0 unspecified atom stereocenters. The minimum absolute atomic E-state index is 0.155. The minimum Gasteiger partial charge on any atom is -0.508 e. The van der Waals surface area contributed by atoms with Gasteiger partial charge >= 0.3 is 0 Å². The van der Waals surface area contributed by atoms with Gasteiger partial charge in [-0.15, -0.1) is 0 Å². The lowest BCUT2D eigenvalue weighted by Gasteiger charge is -2.37. The van der Waals surface area contributed by atoms with Gasteiger partial charge in [0.1, 0.15) is 5.75 Å². The van der Waals surface area contributed by atoms with E-state index < -0.39 is 0 Å². The van der Waals surface area contributed by atoms with Crippen molar-refractivity contribution in [1.29, 1.82) is 0 Å². The number of phenolic OH excluding ortho intramolecular Hbond substituents is 1. The van der Waals surface area contributed by atoms with E-state index in [0.29, 0.717) is 11.7 Å². The maximum Gasteiger partial charge on any atom is 0.115 e. The number of fused-ring (bicyclic) bond motifs is 3. The molecule has 2 aliphatic rings. The molecule has 0 saturated carbocycles. The first kappa shape index (κ1) is 13.6. The number of aryl methyl sites for hydroxylation is 2. The first-order chi connectivity index (χ1) is 10.6. The van der Waals surface area contributed by atoms with Crippen LogP contribution in [-0.2, 0) is 4.74 Å². The number of rotatable bonds is 1. The van der Waals surface area contributed by atoms with Gasteiger partial charge in [-0.3, -0.25) is 0 Å². The Balaban J connectivity index is 1.83. The summed E-state index contributed by atoms with van der Waals surface area (Å²) in [6.45, 7) is 5.09. The van der Waals surface area contributed by atoms with Gasteiger partial charge in [-0.25, -0.2) is 0 Å². The minimum atomic E-state index is 0.155. The van der Waals surface area contributed by atoms with Crippen molar-refractivity contribution in [2.24, 2.45) is 5.92 Å². The number of aromatic hydroxyl groups is 1. The molecule has 0 aromatic heterocycles. The second-order valence-corrected chi connectivity index (χ2v) is 6.51.